The molecule has 5 heteroatoms. The molecule has 0 aromatic carbocycles. The van der Waals surface area contributed by atoms with Crippen LogP contribution < -0.4 is 5.73 Å². The van der Waals surface area contributed by atoms with Gasteiger partial charge in [0, 0.05) is 24.2 Å². The van der Waals surface area contributed by atoms with E-state index in [1.807, 2.05) is 13.8 Å². The molecular weight excluding hydrogens is 178 g/mol. The van der Waals surface area contributed by atoms with Gasteiger partial charge < -0.3 is 5.73 Å². The lowest BCUT2D eigenvalue weighted by Gasteiger charge is -2.04. The molecule has 0 spiro atoms. The molecule has 0 atom stereocenters. The van der Waals surface area contributed by atoms with Crippen LogP contribution in [0.15, 0.2) is 18.6 Å². The molecule has 0 radical (unpaired) electrons. The number of nitrogen functional groups attached to an aromatic ring is 1. The van der Waals surface area contributed by atoms with Crippen molar-refractivity contribution in [3.8, 4) is 5.95 Å². The topological polar surface area (TPSA) is 69.6 Å². The van der Waals surface area contributed by atoms with Crippen LogP contribution in [-0.2, 0) is 0 Å². The monoisotopic (exact) mass is 189 g/mol. The van der Waals surface area contributed by atoms with Gasteiger partial charge in [-0.15, -0.1) is 0 Å². The number of imidazole rings is 1. The van der Waals surface area contributed by atoms with Crippen molar-refractivity contribution in [2.75, 3.05) is 5.73 Å². The summed E-state index contributed by atoms with van der Waals surface area (Å²) in [5.41, 5.74) is 6.57. The maximum atomic E-state index is 5.69. The van der Waals surface area contributed by atoms with Crippen LogP contribution in [0.4, 0.5) is 5.82 Å². The van der Waals surface area contributed by atoms with Crippen molar-refractivity contribution in [2.45, 2.75) is 13.8 Å². The number of hydrogen-bond donors (Lipinski definition) is 1. The van der Waals surface area contributed by atoms with E-state index in [9.17, 15) is 0 Å². The number of anilines is 1. The van der Waals surface area contributed by atoms with E-state index in [2.05, 4.69) is 15.0 Å². The molecule has 0 saturated heterocycles. The number of nitrogens with zero attached hydrogens (tertiary/aromatic N) is 4. The van der Waals surface area contributed by atoms with Crippen LogP contribution in [0.2, 0.25) is 0 Å². The molecule has 2 aromatic heterocycles. The maximum Gasteiger partial charge on any atom is 0.237 e. The first kappa shape index (κ1) is 8.68. The number of nitrogens with two attached hydrogens (primary N) is 1. The van der Waals surface area contributed by atoms with E-state index < -0.39 is 0 Å². The van der Waals surface area contributed by atoms with Crippen molar-refractivity contribution in [1.82, 2.24) is 19.5 Å². The van der Waals surface area contributed by atoms with Crippen LogP contribution in [0, 0.1) is 13.8 Å². The summed E-state index contributed by atoms with van der Waals surface area (Å²) in [5, 5.41) is 0. The van der Waals surface area contributed by atoms with Crippen molar-refractivity contribution >= 4 is 5.82 Å². The average molecular weight is 189 g/mol. The Kier molecular flexibility index (Phi) is 1.92. The highest BCUT2D eigenvalue weighted by Crippen LogP contribution is 2.09. The summed E-state index contributed by atoms with van der Waals surface area (Å²) in [7, 11) is 0. The molecule has 2 aromatic rings. The molecule has 0 saturated carbocycles. The van der Waals surface area contributed by atoms with Gasteiger partial charge in [0.05, 0.1) is 0 Å². The standard InChI is InChI=1S/C9H11N5/c1-6-5-12-9(13-8(6)10)14-4-3-11-7(14)2/h3-5H,1-2H3,(H2,10,12,13). The van der Waals surface area contributed by atoms with Crippen LogP contribution in [0.1, 0.15) is 11.4 Å². The highest BCUT2D eigenvalue weighted by Gasteiger charge is 2.04. The largest absolute Gasteiger partial charge is 0.383 e. The minimum atomic E-state index is 0.503. The van der Waals surface area contributed by atoms with Gasteiger partial charge in [-0.05, 0) is 13.8 Å². The molecule has 0 unspecified atom stereocenters. The fourth-order valence-corrected chi connectivity index (χ4v) is 1.15. The van der Waals surface area contributed by atoms with E-state index in [0.29, 0.717) is 11.8 Å². The summed E-state index contributed by atoms with van der Waals surface area (Å²) in [5.74, 6) is 1.90. The van der Waals surface area contributed by atoms with Gasteiger partial charge in [0.2, 0.25) is 5.95 Å². The predicted molar refractivity (Wildman–Crippen MR) is 53.0 cm³/mol. The summed E-state index contributed by atoms with van der Waals surface area (Å²) >= 11 is 0. The molecular formula is C9H11N5. The minimum absolute atomic E-state index is 0.503. The van der Waals surface area contributed by atoms with Crippen molar-refractivity contribution < 1.29 is 0 Å². The van der Waals surface area contributed by atoms with Crippen LogP contribution in [-0.4, -0.2) is 19.5 Å². The molecule has 2 heterocycles. The third-order valence-corrected chi connectivity index (χ3v) is 2.04. The maximum absolute atomic E-state index is 5.69. The first-order valence-corrected chi connectivity index (χ1v) is 4.28. The minimum Gasteiger partial charge on any atom is -0.383 e. The van der Waals surface area contributed by atoms with Gasteiger partial charge in [0.15, 0.2) is 0 Å². The summed E-state index contributed by atoms with van der Waals surface area (Å²) in [6.45, 7) is 3.76. The Labute approximate surface area is 81.6 Å². The second-order valence-electron chi connectivity index (χ2n) is 3.08. The fraction of sp³-hybridized carbons (Fsp3) is 0.222. The Morgan fingerprint density at radius 1 is 1.29 bits per heavy atom. The molecule has 5 nitrogen and oxygen atoms in total. The second kappa shape index (κ2) is 3.10. The average Bonchev–Trinajstić information content (AvgIpc) is 2.57. The quantitative estimate of drug-likeness (QED) is 0.722. The fourth-order valence-electron chi connectivity index (χ4n) is 1.15. The van der Waals surface area contributed by atoms with Crippen molar-refractivity contribution in [2.24, 2.45) is 0 Å². The van der Waals surface area contributed by atoms with E-state index in [1.54, 1.807) is 23.2 Å². The molecule has 0 aliphatic rings. The Hall–Kier alpha value is -1.91. The van der Waals surface area contributed by atoms with Crippen molar-refractivity contribution in [3.05, 3.63) is 30.0 Å². The molecule has 0 fully saturated rings. The van der Waals surface area contributed by atoms with Crippen LogP contribution >= 0.6 is 0 Å². The highest BCUT2D eigenvalue weighted by atomic mass is 15.2. The van der Waals surface area contributed by atoms with E-state index in [4.69, 9.17) is 5.73 Å². The first-order chi connectivity index (χ1) is 6.68. The van der Waals surface area contributed by atoms with Crippen molar-refractivity contribution in [3.63, 3.8) is 0 Å². The summed E-state index contributed by atoms with van der Waals surface area (Å²) in [6, 6.07) is 0. The summed E-state index contributed by atoms with van der Waals surface area (Å²) < 4.78 is 1.79. The smallest absolute Gasteiger partial charge is 0.237 e. The summed E-state index contributed by atoms with van der Waals surface area (Å²) in [6.07, 6.45) is 5.21. The van der Waals surface area contributed by atoms with Gasteiger partial charge in [-0.1, -0.05) is 0 Å². The zero-order chi connectivity index (χ0) is 10.1. The molecule has 2 N–H and O–H groups in total. The van der Waals surface area contributed by atoms with Gasteiger partial charge >= 0.3 is 0 Å². The first-order valence-electron chi connectivity index (χ1n) is 4.28. The van der Waals surface area contributed by atoms with E-state index in [-0.39, 0.29) is 0 Å². The zero-order valence-corrected chi connectivity index (χ0v) is 8.10. The number of aryl methyl sites for hydroxylation is 2. The van der Waals surface area contributed by atoms with E-state index >= 15 is 0 Å². The molecule has 14 heavy (non-hydrogen) atoms. The zero-order valence-electron chi connectivity index (χ0n) is 8.10. The Balaban J connectivity index is 2.53. The Morgan fingerprint density at radius 3 is 2.64 bits per heavy atom. The van der Waals surface area contributed by atoms with E-state index in [1.165, 1.54) is 0 Å². The van der Waals surface area contributed by atoms with Crippen LogP contribution in [0.3, 0.4) is 0 Å². The number of aromatic nitrogens is 4. The lowest BCUT2D eigenvalue weighted by molar-refractivity contribution is 0.881. The number of hydrogen-bond acceptors (Lipinski definition) is 4. The summed E-state index contributed by atoms with van der Waals surface area (Å²) in [4.78, 5) is 12.4. The highest BCUT2D eigenvalue weighted by molar-refractivity contribution is 5.38. The normalized spacial score (nSPS) is 10.4. The molecule has 2 rings (SSSR count). The molecule has 0 amide bonds. The molecule has 0 aliphatic carbocycles. The second-order valence-corrected chi connectivity index (χ2v) is 3.08. The number of rotatable bonds is 1. The lowest BCUT2D eigenvalue weighted by Crippen LogP contribution is -2.05. The third kappa shape index (κ3) is 1.32. The van der Waals surface area contributed by atoms with Crippen molar-refractivity contribution in [1.29, 1.82) is 0 Å². The molecule has 72 valence electrons. The van der Waals surface area contributed by atoms with Gasteiger partial charge in [-0.3, -0.25) is 4.57 Å². The Bertz CT molecular complexity index is 460. The molecule has 0 aliphatic heterocycles. The Morgan fingerprint density at radius 2 is 2.07 bits per heavy atom. The molecule has 0 bridgehead atoms. The van der Waals surface area contributed by atoms with Gasteiger partial charge in [0.1, 0.15) is 11.6 Å². The third-order valence-electron chi connectivity index (χ3n) is 2.04. The predicted octanol–water partition coefficient (Wildman–Crippen LogP) is 0.861. The van der Waals surface area contributed by atoms with E-state index in [0.717, 1.165) is 11.4 Å². The van der Waals surface area contributed by atoms with Gasteiger partial charge in [-0.25, -0.2) is 9.97 Å². The lowest BCUT2D eigenvalue weighted by atomic mass is 10.3. The van der Waals surface area contributed by atoms with Gasteiger partial charge in [0.25, 0.3) is 0 Å². The van der Waals surface area contributed by atoms with Gasteiger partial charge in [-0.2, -0.15) is 4.98 Å². The van der Waals surface area contributed by atoms with Crippen LogP contribution in [0.25, 0.3) is 5.95 Å². The SMILES string of the molecule is Cc1cnc(-n2ccnc2C)nc1N. The van der Waals surface area contributed by atoms with Crippen LogP contribution in [0.5, 0.6) is 0 Å².